The van der Waals surface area contributed by atoms with E-state index < -0.39 is 0 Å². The zero-order valence-corrected chi connectivity index (χ0v) is 10.9. The molecule has 4 nitrogen and oxygen atoms in total. The SMILES string of the molecule is CCOCN(C)C(=O)C1CCN1CC(C)C. The first-order chi connectivity index (χ1) is 7.56. The van der Waals surface area contributed by atoms with Gasteiger partial charge >= 0.3 is 0 Å². The predicted octanol–water partition coefficient (Wildman–Crippen LogP) is 1.17. The molecule has 0 bridgehead atoms. The smallest absolute Gasteiger partial charge is 0.241 e. The molecular formula is C12H24N2O2. The normalized spacial score (nSPS) is 20.9. The van der Waals surface area contributed by atoms with Gasteiger partial charge in [-0.3, -0.25) is 9.69 Å². The lowest BCUT2D eigenvalue weighted by Gasteiger charge is -2.42. The summed E-state index contributed by atoms with van der Waals surface area (Å²) in [6.07, 6.45) is 0.988. The molecule has 1 fully saturated rings. The molecule has 0 saturated carbocycles. The largest absolute Gasteiger partial charge is 0.361 e. The molecule has 0 N–H and O–H groups in total. The van der Waals surface area contributed by atoms with Crippen LogP contribution >= 0.6 is 0 Å². The Morgan fingerprint density at radius 1 is 1.56 bits per heavy atom. The van der Waals surface area contributed by atoms with Crippen molar-refractivity contribution in [2.75, 3.05) is 33.5 Å². The number of carbonyl (C=O) groups excluding carboxylic acids is 1. The minimum Gasteiger partial charge on any atom is -0.361 e. The molecule has 94 valence electrons. The van der Waals surface area contributed by atoms with Crippen LogP contribution in [0.15, 0.2) is 0 Å². The first-order valence-corrected chi connectivity index (χ1v) is 6.13. The maximum absolute atomic E-state index is 12.0. The van der Waals surface area contributed by atoms with Gasteiger partial charge < -0.3 is 9.64 Å². The zero-order chi connectivity index (χ0) is 12.1. The summed E-state index contributed by atoms with van der Waals surface area (Å²) in [5, 5.41) is 0. The molecule has 1 aliphatic rings. The molecule has 1 rings (SSSR count). The molecule has 1 aliphatic heterocycles. The fraction of sp³-hybridized carbons (Fsp3) is 0.917. The van der Waals surface area contributed by atoms with Crippen molar-refractivity contribution in [2.24, 2.45) is 5.92 Å². The fourth-order valence-corrected chi connectivity index (χ4v) is 1.95. The number of nitrogens with zero attached hydrogens (tertiary/aromatic N) is 2. The van der Waals surface area contributed by atoms with Crippen molar-refractivity contribution < 1.29 is 9.53 Å². The molecule has 1 amide bonds. The summed E-state index contributed by atoms with van der Waals surface area (Å²) < 4.78 is 5.24. The average Bonchev–Trinajstić information content (AvgIpc) is 2.20. The maximum atomic E-state index is 12.0. The Labute approximate surface area is 98.5 Å². The molecule has 1 heterocycles. The van der Waals surface area contributed by atoms with Gasteiger partial charge in [-0.1, -0.05) is 13.8 Å². The fourth-order valence-electron chi connectivity index (χ4n) is 1.95. The summed E-state index contributed by atoms with van der Waals surface area (Å²) in [4.78, 5) is 16.0. The van der Waals surface area contributed by atoms with Crippen LogP contribution in [0.1, 0.15) is 27.2 Å². The van der Waals surface area contributed by atoms with Crippen LogP contribution in [0.25, 0.3) is 0 Å². The summed E-state index contributed by atoms with van der Waals surface area (Å²) in [5.74, 6) is 0.813. The zero-order valence-electron chi connectivity index (χ0n) is 10.9. The van der Waals surface area contributed by atoms with Gasteiger partial charge in [-0.2, -0.15) is 0 Å². The third-order valence-corrected chi connectivity index (χ3v) is 2.88. The van der Waals surface area contributed by atoms with Crippen LogP contribution < -0.4 is 0 Å². The van der Waals surface area contributed by atoms with Gasteiger partial charge in [0, 0.05) is 26.7 Å². The lowest BCUT2D eigenvalue weighted by Crippen LogP contribution is -2.57. The lowest BCUT2D eigenvalue weighted by molar-refractivity contribution is -0.145. The highest BCUT2D eigenvalue weighted by molar-refractivity contribution is 5.82. The van der Waals surface area contributed by atoms with Gasteiger partial charge in [-0.15, -0.1) is 0 Å². The Morgan fingerprint density at radius 3 is 2.69 bits per heavy atom. The first-order valence-electron chi connectivity index (χ1n) is 6.13. The third-order valence-electron chi connectivity index (χ3n) is 2.88. The minimum atomic E-state index is 0.0906. The van der Waals surface area contributed by atoms with Crippen molar-refractivity contribution in [1.82, 2.24) is 9.80 Å². The molecule has 0 spiro atoms. The van der Waals surface area contributed by atoms with E-state index in [0.29, 0.717) is 19.3 Å². The molecule has 0 aliphatic carbocycles. The minimum absolute atomic E-state index is 0.0906. The highest BCUT2D eigenvalue weighted by Gasteiger charge is 2.35. The number of amides is 1. The van der Waals surface area contributed by atoms with Gasteiger partial charge in [0.2, 0.25) is 5.91 Å². The highest BCUT2D eigenvalue weighted by Crippen LogP contribution is 2.20. The summed E-state index contributed by atoms with van der Waals surface area (Å²) in [5.41, 5.74) is 0. The van der Waals surface area contributed by atoms with Gasteiger partial charge in [-0.05, 0) is 19.3 Å². The van der Waals surface area contributed by atoms with E-state index in [2.05, 4.69) is 18.7 Å². The highest BCUT2D eigenvalue weighted by atomic mass is 16.5. The molecule has 16 heavy (non-hydrogen) atoms. The van der Waals surface area contributed by atoms with Crippen LogP contribution in [0.4, 0.5) is 0 Å². The molecule has 4 heteroatoms. The van der Waals surface area contributed by atoms with Crippen LogP contribution in [0.3, 0.4) is 0 Å². The average molecular weight is 228 g/mol. The van der Waals surface area contributed by atoms with Gasteiger partial charge in [-0.25, -0.2) is 0 Å². The van der Waals surface area contributed by atoms with E-state index in [-0.39, 0.29) is 11.9 Å². The van der Waals surface area contributed by atoms with Crippen molar-refractivity contribution >= 4 is 5.91 Å². The lowest BCUT2D eigenvalue weighted by atomic mass is 10.00. The molecule has 0 aromatic rings. The van der Waals surface area contributed by atoms with Gasteiger partial charge in [0.15, 0.2) is 0 Å². The second-order valence-electron chi connectivity index (χ2n) is 4.85. The number of hydrogen-bond donors (Lipinski definition) is 0. The number of hydrogen-bond acceptors (Lipinski definition) is 3. The van der Waals surface area contributed by atoms with Crippen molar-refractivity contribution in [2.45, 2.75) is 33.2 Å². The van der Waals surface area contributed by atoms with E-state index in [1.807, 2.05) is 14.0 Å². The molecule has 0 aromatic heterocycles. The monoisotopic (exact) mass is 228 g/mol. The van der Waals surface area contributed by atoms with Crippen molar-refractivity contribution in [3.8, 4) is 0 Å². The summed E-state index contributed by atoms with van der Waals surface area (Å²) in [6.45, 7) is 9.43. The van der Waals surface area contributed by atoms with Crippen LogP contribution in [-0.4, -0.2) is 55.2 Å². The number of rotatable bonds is 6. The molecule has 0 aromatic carbocycles. The van der Waals surface area contributed by atoms with Gasteiger partial charge in [0.05, 0.1) is 6.04 Å². The third kappa shape index (κ3) is 3.46. The number of likely N-dealkylation sites (tertiary alicyclic amines) is 1. The Bertz CT molecular complexity index is 231. The van der Waals surface area contributed by atoms with Crippen LogP contribution in [-0.2, 0) is 9.53 Å². The van der Waals surface area contributed by atoms with E-state index >= 15 is 0 Å². The Hall–Kier alpha value is -0.610. The second-order valence-corrected chi connectivity index (χ2v) is 4.85. The Balaban J connectivity index is 2.36. The predicted molar refractivity (Wildman–Crippen MR) is 64.1 cm³/mol. The number of ether oxygens (including phenoxy) is 1. The van der Waals surface area contributed by atoms with E-state index in [4.69, 9.17) is 4.74 Å². The quantitative estimate of drug-likeness (QED) is 0.640. The summed E-state index contributed by atoms with van der Waals surface area (Å²) in [6, 6.07) is 0.0906. The second kappa shape index (κ2) is 6.21. The van der Waals surface area contributed by atoms with Crippen LogP contribution in [0.5, 0.6) is 0 Å². The molecular weight excluding hydrogens is 204 g/mol. The van der Waals surface area contributed by atoms with E-state index in [0.717, 1.165) is 19.5 Å². The number of carbonyl (C=O) groups is 1. The van der Waals surface area contributed by atoms with Gasteiger partial charge in [0.1, 0.15) is 6.73 Å². The number of likely N-dealkylation sites (N-methyl/N-ethyl adjacent to an activating group) is 1. The topological polar surface area (TPSA) is 32.8 Å². The van der Waals surface area contributed by atoms with Crippen LogP contribution in [0, 0.1) is 5.92 Å². The van der Waals surface area contributed by atoms with E-state index in [1.165, 1.54) is 0 Å². The molecule has 1 atom stereocenters. The van der Waals surface area contributed by atoms with E-state index in [1.54, 1.807) is 4.90 Å². The van der Waals surface area contributed by atoms with Crippen molar-refractivity contribution in [1.29, 1.82) is 0 Å². The van der Waals surface area contributed by atoms with Crippen LogP contribution in [0.2, 0.25) is 0 Å². The maximum Gasteiger partial charge on any atom is 0.241 e. The summed E-state index contributed by atoms with van der Waals surface area (Å²) >= 11 is 0. The van der Waals surface area contributed by atoms with E-state index in [9.17, 15) is 4.79 Å². The Morgan fingerprint density at radius 2 is 2.25 bits per heavy atom. The van der Waals surface area contributed by atoms with Gasteiger partial charge in [0.25, 0.3) is 0 Å². The van der Waals surface area contributed by atoms with Crippen molar-refractivity contribution in [3.05, 3.63) is 0 Å². The first kappa shape index (κ1) is 13.5. The molecule has 0 radical (unpaired) electrons. The summed E-state index contributed by atoms with van der Waals surface area (Å²) in [7, 11) is 1.81. The van der Waals surface area contributed by atoms with Crippen molar-refractivity contribution in [3.63, 3.8) is 0 Å². The molecule has 1 unspecified atom stereocenters. The molecule has 1 saturated heterocycles. The standard InChI is InChI=1S/C12H24N2O2/c1-5-16-9-13(4)12(15)11-6-7-14(11)8-10(2)3/h10-11H,5-9H2,1-4H3. The Kier molecular flexibility index (Phi) is 5.22.